The van der Waals surface area contributed by atoms with Gasteiger partial charge in [0.2, 0.25) is 11.8 Å². The third-order valence-corrected chi connectivity index (χ3v) is 4.07. The number of nitrogens with one attached hydrogen (secondary N) is 1. The molecule has 2 rings (SSSR count). The summed E-state index contributed by atoms with van der Waals surface area (Å²) >= 11 is 3.43. The van der Waals surface area contributed by atoms with Crippen molar-refractivity contribution in [1.29, 1.82) is 0 Å². The van der Waals surface area contributed by atoms with Crippen molar-refractivity contribution in [3.8, 4) is 0 Å². The number of nitrogens with zero attached hydrogens (tertiary/aromatic N) is 1. The van der Waals surface area contributed by atoms with E-state index in [1.165, 1.54) is 0 Å². The molecule has 0 saturated carbocycles. The summed E-state index contributed by atoms with van der Waals surface area (Å²) < 4.78 is 0.895. The van der Waals surface area contributed by atoms with E-state index in [1.807, 2.05) is 39.0 Å². The molecule has 1 saturated heterocycles. The van der Waals surface area contributed by atoms with E-state index in [9.17, 15) is 9.59 Å². The van der Waals surface area contributed by atoms with Crippen molar-refractivity contribution < 1.29 is 9.59 Å². The van der Waals surface area contributed by atoms with Gasteiger partial charge in [-0.3, -0.25) is 14.5 Å². The van der Waals surface area contributed by atoms with Crippen LogP contribution in [0.5, 0.6) is 0 Å². The molecule has 1 fully saturated rings. The lowest BCUT2D eigenvalue weighted by molar-refractivity contribution is -0.134. The molecule has 0 aliphatic carbocycles. The van der Waals surface area contributed by atoms with E-state index in [0.29, 0.717) is 0 Å². The highest BCUT2D eigenvalue weighted by Gasteiger charge is 2.41. The molecule has 1 aliphatic heterocycles. The van der Waals surface area contributed by atoms with E-state index >= 15 is 0 Å². The molecule has 20 heavy (non-hydrogen) atoms. The van der Waals surface area contributed by atoms with Crippen LogP contribution in [0.15, 0.2) is 22.7 Å². The first-order valence-corrected chi connectivity index (χ1v) is 7.52. The van der Waals surface area contributed by atoms with Crippen molar-refractivity contribution in [3.63, 3.8) is 0 Å². The lowest BCUT2D eigenvalue weighted by atomic mass is 9.96. The van der Waals surface area contributed by atoms with E-state index < -0.39 is 12.1 Å². The van der Waals surface area contributed by atoms with Crippen molar-refractivity contribution in [3.05, 3.63) is 28.2 Å². The van der Waals surface area contributed by atoms with Crippen molar-refractivity contribution in [2.75, 3.05) is 4.90 Å². The third kappa shape index (κ3) is 2.59. The summed E-state index contributed by atoms with van der Waals surface area (Å²) in [7, 11) is 0. The second-order valence-electron chi connectivity index (χ2n) is 5.56. The van der Waals surface area contributed by atoms with E-state index in [0.717, 1.165) is 15.7 Å². The molecule has 1 aromatic carbocycles. The third-order valence-electron chi connectivity index (χ3n) is 3.58. The largest absolute Gasteiger partial charge is 0.343 e. The van der Waals surface area contributed by atoms with Crippen LogP contribution >= 0.6 is 15.9 Å². The molecule has 0 spiro atoms. The Bertz CT molecular complexity index is 557. The number of benzene rings is 1. The quantitative estimate of drug-likeness (QED) is 0.901. The fourth-order valence-corrected chi connectivity index (χ4v) is 2.88. The van der Waals surface area contributed by atoms with Gasteiger partial charge >= 0.3 is 0 Å². The molecule has 108 valence electrons. The highest BCUT2D eigenvalue weighted by molar-refractivity contribution is 9.10. The van der Waals surface area contributed by atoms with Crippen LogP contribution in [-0.4, -0.2) is 23.9 Å². The molecule has 1 heterocycles. The maximum Gasteiger partial charge on any atom is 0.250 e. The maximum absolute atomic E-state index is 12.5. The Hall–Kier alpha value is -1.36. The smallest absolute Gasteiger partial charge is 0.250 e. The molecule has 0 aromatic heterocycles. The SMILES string of the molecule is Cc1ccc(Br)cc1N1C(=O)C(C)NC(=O)C1C(C)C. The maximum atomic E-state index is 12.5. The van der Waals surface area contributed by atoms with E-state index in [-0.39, 0.29) is 17.7 Å². The summed E-state index contributed by atoms with van der Waals surface area (Å²) in [6, 6.07) is 4.82. The number of halogens is 1. The predicted octanol–water partition coefficient (Wildman–Crippen LogP) is 2.63. The average Bonchev–Trinajstić information content (AvgIpc) is 2.36. The van der Waals surface area contributed by atoms with Crippen LogP contribution in [0.25, 0.3) is 0 Å². The lowest BCUT2D eigenvalue weighted by Crippen LogP contribution is -2.64. The number of aryl methyl sites for hydroxylation is 1. The summed E-state index contributed by atoms with van der Waals surface area (Å²) in [4.78, 5) is 26.4. The summed E-state index contributed by atoms with van der Waals surface area (Å²) in [6.07, 6.45) is 0. The zero-order valence-electron chi connectivity index (χ0n) is 12.1. The summed E-state index contributed by atoms with van der Waals surface area (Å²) in [6.45, 7) is 7.57. The van der Waals surface area contributed by atoms with Gasteiger partial charge in [0.05, 0.1) is 0 Å². The fraction of sp³-hybridized carbons (Fsp3) is 0.467. The van der Waals surface area contributed by atoms with Gasteiger partial charge in [-0.05, 0) is 37.5 Å². The van der Waals surface area contributed by atoms with Gasteiger partial charge in [-0.2, -0.15) is 0 Å². The van der Waals surface area contributed by atoms with Gasteiger partial charge in [0.25, 0.3) is 0 Å². The number of amides is 2. The van der Waals surface area contributed by atoms with Crippen LogP contribution in [0.1, 0.15) is 26.3 Å². The van der Waals surface area contributed by atoms with Crippen LogP contribution in [0.3, 0.4) is 0 Å². The molecule has 2 atom stereocenters. The standard InChI is InChI=1S/C15H19BrN2O2/c1-8(2)13-14(19)17-10(4)15(20)18(13)12-7-11(16)6-5-9(12)3/h5-8,10,13H,1-4H3,(H,17,19). The Balaban J connectivity index is 2.55. The number of carbonyl (C=O) groups excluding carboxylic acids is 2. The first-order valence-electron chi connectivity index (χ1n) is 6.72. The highest BCUT2D eigenvalue weighted by atomic mass is 79.9. The number of piperazine rings is 1. The Kier molecular flexibility index (Phi) is 4.18. The number of anilines is 1. The molecule has 1 N–H and O–H groups in total. The Morgan fingerprint density at radius 1 is 1.30 bits per heavy atom. The van der Waals surface area contributed by atoms with Crippen LogP contribution in [-0.2, 0) is 9.59 Å². The van der Waals surface area contributed by atoms with E-state index in [1.54, 1.807) is 11.8 Å². The minimum atomic E-state index is -0.490. The monoisotopic (exact) mass is 338 g/mol. The van der Waals surface area contributed by atoms with E-state index in [4.69, 9.17) is 0 Å². The first-order chi connectivity index (χ1) is 9.32. The number of hydrogen-bond acceptors (Lipinski definition) is 2. The van der Waals surface area contributed by atoms with Gasteiger partial charge in [0.15, 0.2) is 0 Å². The van der Waals surface area contributed by atoms with Gasteiger partial charge in [-0.25, -0.2) is 0 Å². The van der Waals surface area contributed by atoms with Gasteiger partial charge in [0, 0.05) is 10.2 Å². The van der Waals surface area contributed by atoms with Crippen molar-refractivity contribution in [2.45, 2.75) is 39.8 Å². The average molecular weight is 339 g/mol. The zero-order chi connectivity index (χ0) is 15.0. The molecule has 5 heteroatoms. The number of rotatable bonds is 2. The van der Waals surface area contributed by atoms with Crippen molar-refractivity contribution in [1.82, 2.24) is 5.32 Å². The van der Waals surface area contributed by atoms with Gasteiger partial charge in [0.1, 0.15) is 12.1 Å². The van der Waals surface area contributed by atoms with Crippen LogP contribution < -0.4 is 10.2 Å². The van der Waals surface area contributed by atoms with Gasteiger partial charge < -0.3 is 5.32 Å². The summed E-state index contributed by atoms with van der Waals surface area (Å²) in [5, 5.41) is 2.75. The normalized spacial score (nSPS) is 23.2. The van der Waals surface area contributed by atoms with Gasteiger partial charge in [-0.15, -0.1) is 0 Å². The number of hydrogen-bond donors (Lipinski definition) is 1. The van der Waals surface area contributed by atoms with E-state index in [2.05, 4.69) is 21.2 Å². The van der Waals surface area contributed by atoms with Crippen LogP contribution in [0.4, 0.5) is 5.69 Å². The van der Waals surface area contributed by atoms with Gasteiger partial charge in [-0.1, -0.05) is 35.8 Å². The van der Waals surface area contributed by atoms with Crippen LogP contribution in [0.2, 0.25) is 0 Å². The highest BCUT2D eigenvalue weighted by Crippen LogP contribution is 2.30. The lowest BCUT2D eigenvalue weighted by Gasteiger charge is -2.40. The topological polar surface area (TPSA) is 49.4 Å². The summed E-state index contributed by atoms with van der Waals surface area (Å²) in [5.74, 6) is -0.110. The van der Waals surface area contributed by atoms with Crippen molar-refractivity contribution in [2.24, 2.45) is 5.92 Å². The minimum Gasteiger partial charge on any atom is -0.343 e. The molecular formula is C15H19BrN2O2. The summed E-state index contributed by atoms with van der Waals surface area (Å²) in [5.41, 5.74) is 1.78. The molecular weight excluding hydrogens is 320 g/mol. The minimum absolute atomic E-state index is 0.0461. The molecule has 1 aromatic rings. The molecule has 2 amide bonds. The predicted molar refractivity (Wildman–Crippen MR) is 82.6 cm³/mol. The molecule has 0 radical (unpaired) electrons. The number of carbonyl (C=O) groups is 2. The fourth-order valence-electron chi connectivity index (χ4n) is 2.54. The Morgan fingerprint density at radius 2 is 1.95 bits per heavy atom. The molecule has 4 nitrogen and oxygen atoms in total. The molecule has 0 bridgehead atoms. The molecule has 2 unspecified atom stereocenters. The van der Waals surface area contributed by atoms with Crippen molar-refractivity contribution >= 4 is 33.4 Å². The first kappa shape index (κ1) is 15.0. The Labute approximate surface area is 127 Å². The Morgan fingerprint density at radius 3 is 2.55 bits per heavy atom. The van der Waals surface area contributed by atoms with Crippen LogP contribution in [0, 0.1) is 12.8 Å². The zero-order valence-corrected chi connectivity index (χ0v) is 13.7. The second-order valence-corrected chi connectivity index (χ2v) is 6.47. The molecule has 1 aliphatic rings. The second kappa shape index (κ2) is 5.56.